The van der Waals surface area contributed by atoms with Gasteiger partial charge in [-0.2, -0.15) is 0 Å². The minimum Gasteiger partial charge on any atom is -0.393 e. The second-order valence-corrected chi connectivity index (χ2v) is 3.53. The average molecular weight is 188 g/mol. The van der Waals surface area contributed by atoms with Gasteiger partial charge >= 0.3 is 0 Å². The second kappa shape index (κ2) is 5.94. The molecule has 0 rings (SSSR count). The minimum absolute atomic E-state index is 0.0446. The van der Waals surface area contributed by atoms with Crippen molar-refractivity contribution < 1.29 is 9.90 Å². The summed E-state index contributed by atoms with van der Waals surface area (Å²) in [6.45, 7) is 4.48. The molecule has 0 aromatic rings. The zero-order valence-corrected chi connectivity index (χ0v) is 8.66. The van der Waals surface area contributed by atoms with Gasteiger partial charge in [-0.3, -0.25) is 4.79 Å². The molecule has 0 bridgehead atoms. The van der Waals surface area contributed by atoms with Gasteiger partial charge in [0.1, 0.15) is 0 Å². The Labute approximate surface area is 79.7 Å². The van der Waals surface area contributed by atoms with Crippen LogP contribution in [0.25, 0.3) is 0 Å². The molecule has 0 aliphatic carbocycles. The quantitative estimate of drug-likeness (QED) is 0.628. The van der Waals surface area contributed by atoms with Crippen LogP contribution in [0.2, 0.25) is 0 Å². The van der Waals surface area contributed by atoms with Gasteiger partial charge < -0.3 is 15.7 Å². The molecule has 0 spiro atoms. The molecule has 0 saturated carbocycles. The van der Waals surface area contributed by atoms with E-state index in [0.29, 0.717) is 19.5 Å². The van der Waals surface area contributed by atoms with Gasteiger partial charge in [0.05, 0.1) is 6.10 Å². The maximum absolute atomic E-state index is 11.5. The number of hydrogen-bond acceptors (Lipinski definition) is 3. The molecule has 0 aliphatic rings. The first-order valence-electron chi connectivity index (χ1n) is 4.62. The van der Waals surface area contributed by atoms with Gasteiger partial charge in [0.15, 0.2) is 0 Å². The smallest absolute Gasteiger partial charge is 0.226 e. The number of nitrogens with zero attached hydrogens (tertiary/aromatic N) is 1. The standard InChI is InChI=1S/C9H20N2O2/c1-7(6-10)9(13)11(3)5-4-8(2)12/h7-8,12H,4-6,10H2,1-3H3. The third kappa shape index (κ3) is 4.85. The number of amides is 1. The van der Waals surface area contributed by atoms with E-state index in [9.17, 15) is 4.79 Å². The summed E-state index contributed by atoms with van der Waals surface area (Å²) in [7, 11) is 1.73. The van der Waals surface area contributed by atoms with Crippen molar-refractivity contribution in [1.29, 1.82) is 0 Å². The zero-order valence-electron chi connectivity index (χ0n) is 8.66. The Hall–Kier alpha value is -0.610. The number of carbonyl (C=O) groups is 1. The number of rotatable bonds is 5. The van der Waals surface area contributed by atoms with Crippen LogP contribution >= 0.6 is 0 Å². The molecular weight excluding hydrogens is 168 g/mol. The fourth-order valence-corrected chi connectivity index (χ4v) is 0.968. The van der Waals surface area contributed by atoms with Crippen LogP contribution in [-0.2, 0) is 4.79 Å². The third-order valence-corrected chi connectivity index (χ3v) is 2.03. The molecule has 0 heterocycles. The van der Waals surface area contributed by atoms with E-state index in [-0.39, 0.29) is 17.9 Å². The van der Waals surface area contributed by atoms with Gasteiger partial charge in [-0.25, -0.2) is 0 Å². The van der Waals surface area contributed by atoms with Gasteiger partial charge in [-0.15, -0.1) is 0 Å². The van der Waals surface area contributed by atoms with E-state index < -0.39 is 0 Å². The van der Waals surface area contributed by atoms with E-state index in [4.69, 9.17) is 10.8 Å². The molecule has 2 unspecified atom stereocenters. The highest BCUT2D eigenvalue weighted by atomic mass is 16.3. The van der Waals surface area contributed by atoms with E-state index in [2.05, 4.69) is 0 Å². The van der Waals surface area contributed by atoms with Gasteiger partial charge in [-0.1, -0.05) is 6.92 Å². The van der Waals surface area contributed by atoms with E-state index >= 15 is 0 Å². The van der Waals surface area contributed by atoms with E-state index in [0.717, 1.165) is 0 Å². The first-order valence-corrected chi connectivity index (χ1v) is 4.62. The molecule has 13 heavy (non-hydrogen) atoms. The lowest BCUT2D eigenvalue weighted by molar-refractivity contribution is -0.133. The largest absolute Gasteiger partial charge is 0.393 e. The lowest BCUT2D eigenvalue weighted by Gasteiger charge is -2.21. The van der Waals surface area contributed by atoms with Crippen LogP contribution in [0.4, 0.5) is 0 Å². The maximum Gasteiger partial charge on any atom is 0.226 e. The van der Waals surface area contributed by atoms with Crippen molar-refractivity contribution in [2.24, 2.45) is 11.7 Å². The first kappa shape index (κ1) is 12.4. The molecule has 0 aromatic carbocycles. The summed E-state index contributed by atoms with van der Waals surface area (Å²) in [5.41, 5.74) is 5.37. The van der Waals surface area contributed by atoms with Crippen LogP contribution in [0, 0.1) is 5.92 Å². The lowest BCUT2D eigenvalue weighted by atomic mass is 10.1. The fraction of sp³-hybridized carbons (Fsp3) is 0.889. The summed E-state index contributed by atoms with van der Waals surface area (Å²) in [5.74, 6) is -0.0813. The van der Waals surface area contributed by atoms with Crippen molar-refractivity contribution in [2.75, 3.05) is 20.1 Å². The maximum atomic E-state index is 11.5. The molecule has 2 atom stereocenters. The Morgan fingerprint density at radius 2 is 2.08 bits per heavy atom. The van der Waals surface area contributed by atoms with Gasteiger partial charge in [-0.05, 0) is 13.3 Å². The Bertz CT molecular complexity index is 160. The van der Waals surface area contributed by atoms with Gasteiger partial charge in [0.2, 0.25) is 5.91 Å². The molecule has 3 N–H and O–H groups in total. The van der Waals surface area contributed by atoms with Crippen LogP contribution in [0.5, 0.6) is 0 Å². The van der Waals surface area contributed by atoms with Crippen molar-refractivity contribution in [3.8, 4) is 0 Å². The number of aliphatic hydroxyl groups is 1. The number of hydrogen-bond donors (Lipinski definition) is 2. The van der Waals surface area contributed by atoms with Crippen molar-refractivity contribution in [2.45, 2.75) is 26.4 Å². The molecule has 0 fully saturated rings. The van der Waals surface area contributed by atoms with Gasteiger partial charge in [0, 0.05) is 26.1 Å². The average Bonchev–Trinajstić information content (AvgIpc) is 2.11. The number of aliphatic hydroxyl groups excluding tert-OH is 1. The zero-order chi connectivity index (χ0) is 10.4. The van der Waals surface area contributed by atoms with Crippen LogP contribution in [0.3, 0.4) is 0 Å². The van der Waals surface area contributed by atoms with E-state index in [1.807, 2.05) is 0 Å². The molecule has 4 nitrogen and oxygen atoms in total. The highest BCUT2D eigenvalue weighted by Crippen LogP contribution is 2.00. The molecule has 0 aromatic heterocycles. The van der Waals surface area contributed by atoms with Crippen LogP contribution < -0.4 is 5.73 Å². The SMILES string of the molecule is CC(O)CCN(C)C(=O)C(C)CN. The highest BCUT2D eigenvalue weighted by molar-refractivity contribution is 5.78. The summed E-state index contributed by atoms with van der Waals surface area (Å²) in [5, 5.41) is 9.02. The molecule has 0 aliphatic heterocycles. The molecule has 1 amide bonds. The van der Waals surface area contributed by atoms with Crippen LogP contribution in [-0.4, -0.2) is 42.2 Å². The molecule has 4 heteroatoms. The van der Waals surface area contributed by atoms with Crippen molar-refractivity contribution >= 4 is 5.91 Å². The molecule has 0 radical (unpaired) electrons. The van der Waals surface area contributed by atoms with Crippen molar-refractivity contribution in [3.05, 3.63) is 0 Å². The Balaban J connectivity index is 3.82. The van der Waals surface area contributed by atoms with Crippen molar-refractivity contribution in [3.63, 3.8) is 0 Å². The topological polar surface area (TPSA) is 66.6 Å². The monoisotopic (exact) mass is 188 g/mol. The molecule has 0 saturated heterocycles. The van der Waals surface area contributed by atoms with Gasteiger partial charge in [0.25, 0.3) is 0 Å². The first-order chi connectivity index (χ1) is 5.99. The number of nitrogens with two attached hydrogens (primary N) is 1. The summed E-state index contributed by atoms with van der Waals surface area (Å²) in [6, 6.07) is 0. The Morgan fingerprint density at radius 1 is 1.54 bits per heavy atom. The molecular formula is C9H20N2O2. The van der Waals surface area contributed by atoms with Crippen LogP contribution in [0.1, 0.15) is 20.3 Å². The van der Waals surface area contributed by atoms with Crippen molar-refractivity contribution in [1.82, 2.24) is 4.90 Å². The molecule has 78 valence electrons. The third-order valence-electron chi connectivity index (χ3n) is 2.03. The second-order valence-electron chi connectivity index (χ2n) is 3.53. The lowest BCUT2D eigenvalue weighted by Crippen LogP contribution is -2.36. The van der Waals surface area contributed by atoms with Crippen LogP contribution in [0.15, 0.2) is 0 Å². The summed E-state index contributed by atoms with van der Waals surface area (Å²) < 4.78 is 0. The normalized spacial score (nSPS) is 15.2. The fourth-order valence-electron chi connectivity index (χ4n) is 0.968. The predicted octanol–water partition coefficient (Wildman–Crippen LogP) is -0.189. The van der Waals surface area contributed by atoms with E-state index in [1.54, 1.807) is 25.8 Å². The number of carbonyl (C=O) groups excluding carboxylic acids is 1. The summed E-state index contributed by atoms with van der Waals surface area (Å²) in [6.07, 6.45) is 0.253. The summed E-state index contributed by atoms with van der Waals surface area (Å²) in [4.78, 5) is 13.1. The Morgan fingerprint density at radius 3 is 2.46 bits per heavy atom. The minimum atomic E-state index is -0.358. The predicted molar refractivity (Wildman–Crippen MR) is 52.2 cm³/mol. The summed E-state index contributed by atoms with van der Waals surface area (Å²) >= 11 is 0. The van der Waals surface area contributed by atoms with E-state index in [1.165, 1.54) is 0 Å². The Kier molecular flexibility index (Phi) is 5.66. The highest BCUT2D eigenvalue weighted by Gasteiger charge is 2.15.